The summed E-state index contributed by atoms with van der Waals surface area (Å²) >= 11 is 0. The fourth-order valence-electron chi connectivity index (χ4n) is 1.57. The van der Waals surface area contributed by atoms with Crippen molar-refractivity contribution in [1.82, 2.24) is 0 Å². The zero-order valence-electron chi connectivity index (χ0n) is 11.2. The molecule has 0 aromatic rings. The summed E-state index contributed by atoms with van der Waals surface area (Å²) in [6.07, 6.45) is 7.11. The van der Waals surface area contributed by atoms with Crippen LogP contribution in [0.25, 0.3) is 0 Å². The number of ether oxygens (including phenoxy) is 2. The molecule has 18 heavy (non-hydrogen) atoms. The van der Waals surface area contributed by atoms with E-state index >= 15 is 0 Å². The van der Waals surface area contributed by atoms with E-state index in [1.54, 1.807) is 6.92 Å². The van der Waals surface area contributed by atoms with Crippen LogP contribution < -0.4 is 0 Å². The standard InChI is InChI=1S/C9H14O2.C5H8O2/c1-2-9(10)11-8-6-4-3-5-7-8;1-4(2)5(6)7-3/h2,8H,1,3-7H2;1H2,2-3H3. The average Bonchev–Trinajstić information content (AvgIpc) is 2.39. The first-order valence-electron chi connectivity index (χ1n) is 6.08. The van der Waals surface area contributed by atoms with Gasteiger partial charge in [0, 0.05) is 11.6 Å². The number of carbonyl (C=O) groups is 2. The molecular formula is C14H22O4. The largest absolute Gasteiger partial charge is 0.466 e. The van der Waals surface area contributed by atoms with Gasteiger partial charge < -0.3 is 9.47 Å². The summed E-state index contributed by atoms with van der Waals surface area (Å²) < 4.78 is 9.36. The van der Waals surface area contributed by atoms with Crippen molar-refractivity contribution >= 4 is 11.9 Å². The van der Waals surface area contributed by atoms with Crippen LogP contribution in [0.3, 0.4) is 0 Å². The third-order valence-corrected chi connectivity index (χ3v) is 2.54. The maximum atomic E-state index is 10.7. The molecule has 0 radical (unpaired) electrons. The smallest absolute Gasteiger partial charge is 0.332 e. The Labute approximate surface area is 109 Å². The van der Waals surface area contributed by atoms with Gasteiger partial charge in [-0.25, -0.2) is 9.59 Å². The minimum atomic E-state index is -0.347. The minimum absolute atomic E-state index is 0.161. The third kappa shape index (κ3) is 7.65. The van der Waals surface area contributed by atoms with Crippen LogP contribution in [0.15, 0.2) is 24.8 Å². The van der Waals surface area contributed by atoms with Crippen LogP contribution in [0, 0.1) is 0 Å². The third-order valence-electron chi connectivity index (χ3n) is 2.54. The summed E-state index contributed by atoms with van der Waals surface area (Å²) in [5, 5.41) is 0. The molecule has 0 atom stereocenters. The molecule has 102 valence electrons. The number of methoxy groups -OCH3 is 1. The molecule has 0 aromatic carbocycles. The fraction of sp³-hybridized carbons (Fsp3) is 0.571. The lowest BCUT2D eigenvalue weighted by atomic mass is 9.98. The van der Waals surface area contributed by atoms with Crippen molar-refractivity contribution in [2.75, 3.05) is 7.11 Å². The molecule has 0 amide bonds. The molecule has 0 heterocycles. The van der Waals surface area contributed by atoms with Crippen LogP contribution in [0.2, 0.25) is 0 Å². The number of hydrogen-bond acceptors (Lipinski definition) is 4. The van der Waals surface area contributed by atoms with Crippen molar-refractivity contribution in [2.24, 2.45) is 0 Å². The quantitative estimate of drug-likeness (QED) is 0.574. The highest BCUT2D eigenvalue weighted by Gasteiger charge is 2.15. The molecule has 4 heteroatoms. The van der Waals surface area contributed by atoms with Gasteiger partial charge in [0.15, 0.2) is 0 Å². The predicted molar refractivity (Wildman–Crippen MR) is 70.0 cm³/mol. The van der Waals surface area contributed by atoms with Gasteiger partial charge in [-0.3, -0.25) is 0 Å². The average molecular weight is 254 g/mol. The lowest BCUT2D eigenvalue weighted by molar-refractivity contribution is -0.144. The van der Waals surface area contributed by atoms with E-state index in [4.69, 9.17) is 4.74 Å². The minimum Gasteiger partial charge on any atom is -0.466 e. The van der Waals surface area contributed by atoms with Gasteiger partial charge in [0.25, 0.3) is 0 Å². The Hall–Kier alpha value is -1.58. The number of carbonyl (C=O) groups excluding carboxylic acids is 2. The zero-order chi connectivity index (χ0) is 14.0. The van der Waals surface area contributed by atoms with E-state index < -0.39 is 0 Å². The first-order chi connectivity index (χ1) is 8.51. The molecule has 0 spiro atoms. The molecule has 1 rings (SSSR count). The van der Waals surface area contributed by atoms with Gasteiger partial charge in [-0.15, -0.1) is 0 Å². The van der Waals surface area contributed by atoms with Gasteiger partial charge in [0.1, 0.15) is 6.10 Å². The number of hydrogen-bond donors (Lipinski definition) is 0. The number of esters is 2. The zero-order valence-corrected chi connectivity index (χ0v) is 11.2. The highest BCUT2D eigenvalue weighted by atomic mass is 16.5. The fourth-order valence-corrected chi connectivity index (χ4v) is 1.57. The number of rotatable bonds is 3. The summed E-state index contributed by atoms with van der Waals surface area (Å²) in [5.41, 5.74) is 0.433. The first-order valence-corrected chi connectivity index (χ1v) is 6.08. The Morgan fingerprint density at radius 1 is 1.22 bits per heavy atom. The van der Waals surface area contributed by atoms with E-state index in [1.165, 1.54) is 32.4 Å². The van der Waals surface area contributed by atoms with Crippen molar-refractivity contribution in [2.45, 2.75) is 45.1 Å². The van der Waals surface area contributed by atoms with Crippen molar-refractivity contribution in [1.29, 1.82) is 0 Å². The molecule has 1 aliphatic carbocycles. The molecule has 1 aliphatic rings. The van der Waals surface area contributed by atoms with Gasteiger partial charge >= 0.3 is 11.9 Å². The topological polar surface area (TPSA) is 52.6 Å². The van der Waals surface area contributed by atoms with E-state index in [0.29, 0.717) is 5.57 Å². The predicted octanol–water partition coefficient (Wildman–Crippen LogP) is 2.78. The van der Waals surface area contributed by atoms with Gasteiger partial charge in [0.05, 0.1) is 7.11 Å². The van der Waals surface area contributed by atoms with Crippen LogP contribution >= 0.6 is 0 Å². The Kier molecular flexibility index (Phi) is 8.62. The van der Waals surface area contributed by atoms with Gasteiger partial charge in [-0.1, -0.05) is 19.6 Å². The Bertz CT molecular complexity index is 301. The first kappa shape index (κ1) is 16.4. The van der Waals surface area contributed by atoms with E-state index in [2.05, 4.69) is 17.9 Å². The summed E-state index contributed by atoms with van der Waals surface area (Å²) in [4.78, 5) is 20.9. The molecule has 0 bridgehead atoms. The van der Waals surface area contributed by atoms with Crippen LogP contribution in [0.5, 0.6) is 0 Å². The summed E-state index contributed by atoms with van der Waals surface area (Å²) in [7, 11) is 1.33. The Balaban J connectivity index is 0.000000360. The van der Waals surface area contributed by atoms with Gasteiger partial charge in [-0.2, -0.15) is 0 Å². The second kappa shape index (κ2) is 9.45. The van der Waals surface area contributed by atoms with Crippen LogP contribution in [-0.2, 0) is 19.1 Å². The molecule has 0 N–H and O–H groups in total. The van der Waals surface area contributed by atoms with Crippen molar-refractivity contribution in [3.05, 3.63) is 24.8 Å². The maximum Gasteiger partial charge on any atom is 0.332 e. The lowest BCUT2D eigenvalue weighted by Gasteiger charge is -2.20. The Morgan fingerprint density at radius 2 is 1.78 bits per heavy atom. The van der Waals surface area contributed by atoms with Crippen molar-refractivity contribution in [3.63, 3.8) is 0 Å². The SMILES string of the molecule is C=C(C)C(=O)OC.C=CC(=O)OC1CCCCC1. The second-order valence-corrected chi connectivity index (χ2v) is 4.17. The highest BCUT2D eigenvalue weighted by molar-refractivity contribution is 5.86. The summed E-state index contributed by atoms with van der Waals surface area (Å²) in [5.74, 6) is -0.628. The van der Waals surface area contributed by atoms with Crippen molar-refractivity contribution < 1.29 is 19.1 Å². The van der Waals surface area contributed by atoms with Crippen LogP contribution in [0.1, 0.15) is 39.0 Å². The highest BCUT2D eigenvalue weighted by Crippen LogP contribution is 2.20. The molecule has 0 unspecified atom stereocenters. The van der Waals surface area contributed by atoms with E-state index in [9.17, 15) is 9.59 Å². The van der Waals surface area contributed by atoms with E-state index in [-0.39, 0.29) is 18.0 Å². The summed E-state index contributed by atoms with van der Waals surface area (Å²) in [6, 6.07) is 0. The van der Waals surface area contributed by atoms with Crippen LogP contribution in [-0.4, -0.2) is 25.2 Å². The van der Waals surface area contributed by atoms with Crippen LogP contribution in [0.4, 0.5) is 0 Å². The molecule has 1 saturated carbocycles. The lowest BCUT2D eigenvalue weighted by Crippen LogP contribution is -2.19. The maximum absolute atomic E-state index is 10.7. The molecule has 4 nitrogen and oxygen atoms in total. The van der Waals surface area contributed by atoms with Gasteiger partial charge in [0.2, 0.25) is 0 Å². The molecular weight excluding hydrogens is 232 g/mol. The molecule has 0 saturated heterocycles. The molecule has 1 fully saturated rings. The van der Waals surface area contributed by atoms with Crippen molar-refractivity contribution in [3.8, 4) is 0 Å². The van der Waals surface area contributed by atoms with E-state index in [0.717, 1.165) is 12.8 Å². The van der Waals surface area contributed by atoms with E-state index in [1.807, 2.05) is 0 Å². The summed E-state index contributed by atoms with van der Waals surface area (Å²) in [6.45, 7) is 8.31. The molecule has 0 aliphatic heterocycles. The normalized spacial score (nSPS) is 14.8. The van der Waals surface area contributed by atoms with Gasteiger partial charge in [-0.05, 0) is 32.6 Å². The second-order valence-electron chi connectivity index (χ2n) is 4.17. The monoisotopic (exact) mass is 254 g/mol. The Morgan fingerprint density at radius 3 is 2.11 bits per heavy atom. The molecule has 0 aromatic heterocycles.